The molecule has 0 unspecified atom stereocenters. The van der Waals surface area contributed by atoms with Crippen LogP contribution in [0.2, 0.25) is 0 Å². The van der Waals surface area contributed by atoms with Gasteiger partial charge >= 0.3 is 0 Å². The average molecular weight is 458 g/mol. The highest BCUT2D eigenvalue weighted by molar-refractivity contribution is 7.98. The van der Waals surface area contributed by atoms with Gasteiger partial charge in [-0.1, -0.05) is 30.3 Å². The highest BCUT2D eigenvalue weighted by Gasteiger charge is 2.10. The number of aryl methyl sites for hydroxylation is 1. The van der Waals surface area contributed by atoms with Crippen molar-refractivity contribution in [3.05, 3.63) is 119 Å². The van der Waals surface area contributed by atoms with Crippen LogP contribution in [-0.2, 0) is 5.75 Å². The van der Waals surface area contributed by atoms with Gasteiger partial charge in [-0.25, -0.2) is 9.82 Å². The summed E-state index contributed by atoms with van der Waals surface area (Å²) in [7, 11) is 0. The number of aromatic nitrogens is 1. The Labute approximate surface area is 197 Å². The van der Waals surface area contributed by atoms with E-state index in [0.717, 1.165) is 34.0 Å². The highest BCUT2D eigenvalue weighted by atomic mass is 32.2. The third kappa shape index (κ3) is 5.59. The third-order valence-electron chi connectivity index (χ3n) is 5.29. The lowest BCUT2D eigenvalue weighted by Crippen LogP contribution is -2.17. The third-order valence-corrected chi connectivity index (χ3v) is 6.37. The van der Waals surface area contributed by atoms with Gasteiger partial charge in [-0.15, -0.1) is 11.8 Å². The lowest BCUT2D eigenvalue weighted by molar-refractivity contribution is 0.0955. The van der Waals surface area contributed by atoms with E-state index in [9.17, 15) is 9.18 Å². The van der Waals surface area contributed by atoms with E-state index in [2.05, 4.69) is 22.7 Å². The first-order chi connectivity index (χ1) is 16.0. The molecule has 0 atom stereocenters. The van der Waals surface area contributed by atoms with Gasteiger partial charge in [-0.3, -0.25) is 4.79 Å². The maximum Gasteiger partial charge on any atom is 0.271 e. The highest BCUT2D eigenvalue weighted by Crippen LogP contribution is 2.22. The van der Waals surface area contributed by atoms with Gasteiger partial charge in [0.05, 0.1) is 6.21 Å². The molecule has 1 heterocycles. The summed E-state index contributed by atoms with van der Waals surface area (Å²) < 4.78 is 15.3. The van der Waals surface area contributed by atoms with E-state index >= 15 is 0 Å². The number of rotatable bonds is 7. The molecule has 0 saturated carbocycles. The molecule has 0 spiro atoms. The second-order valence-electron chi connectivity index (χ2n) is 7.64. The topological polar surface area (TPSA) is 46.4 Å². The predicted molar refractivity (Wildman–Crippen MR) is 133 cm³/mol. The lowest BCUT2D eigenvalue weighted by Gasteiger charge is -2.09. The average Bonchev–Trinajstić information content (AvgIpc) is 3.12. The molecule has 3 aromatic carbocycles. The van der Waals surface area contributed by atoms with Crippen molar-refractivity contribution in [1.29, 1.82) is 0 Å². The number of halogens is 1. The van der Waals surface area contributed by atoms with Crippen LogP contribution in [0.4, 0.5) is 4.39 Å². The monoisotopic (exact) mass is 457 g/mol. The molecule has 1 aromatic heterocycles. The molecule has 6 heteroatoms. The fourth-order valence-electron chi connectivity index (χ4n) is 3.57. The number of thioether (sulfide) groups is 1. The minimum Gasteiger partial charge on any atom is -0.318 e. The molecule has 0 radical (unpaired) electrons. The first kappa shape index (κ1) is 22.6. The molecule has 0 aliphatic heterocycles. The smallest absolute Gasteiger partial charge is 0.271 e. The van der Waals surface area contributed by atoms with Crippen LogP contribution in [0.15, 0.2) is 94.9 Å². The fraction of sp³-hybridized carbons (Fsp3) is 0.111. The summed E-state index contributed by atoms with van der Waals surface area (Å²) >= 11 is 1.76. The van der Waals surface area contributed by atoms with Crippen LogP contribution >= 0.6 is 11.8 Å². The quantitative estimate of drug-likeness (QED) is 0.201. The molecule has 0 fully saturated rings. The van der Waals surface area contributed by atoms with Crippen LogP contribution in [0.25, 0.3) is 5.69 Å². The molecule has 4 aromatic rings. The molecule has 1 amide bonds. The molecule has 0 aliphatic rings. The summed E-state index contributed by atoms with van der Waals surface area (Å²) in [6.07, 6.45) is 1.63. The minimum absolute atomic E-state index is 0.263. The molecule has 0 saturated heterocycles. The van der Waals surface area contributed by atoms with Crippen molar-refractivity contribution in [1.82, 2.24) is 9.99 Å². The van der Waals surface area contributed by atoms with E-state index in [-0.39, 0.29) is 11.7 Å². The lowest BCUT2D eigenvalue weighted by atomic mass is 10.1. The Morgan fingerprint density at radius 2 is 1.70 bits per heavy atom. The Morgan fingerprint density at radius 1 is 1.00 bits per heavy atom. The largest absolute Gasteiger partial charge is 0.318 e. The second-order valence-corrected chi connectivity index (χ2v) is 8.68. The van der Waals surface area contributed by atoms with Crippen LogP contribution in [0.5, 0.6) is 0 Å². The van der Waals surface area contributed by atoms with Gasteiger partial charge in [0.2, 0.25) is 0 Å². The minimum atomic E-state index is -0.270. The summed E-state index contributed by atoms with van der Waals surface area (Å²) in [5.41, 5.74) is 8.01. The van der Waals surface area contributed by atoms with E-state index < -0.39 is 0 Å². The predicted octanol–water partition coefficient (Wildman–Crippen LogP) is 6.29. The number of hydrazone groups is 1. The molecule has 1 N–H and O–H groups in total. The molecule has 4 rings (SSSR count). The van der Waals surface area contributed by atoms with Gasteiger partial charge in [0.15, 0.2) is 0 Å². The number of nitrogens with one attached hydrogen (secondary N) is 1. The zero-order chi connectivity index (χ0) is 23.2. The summed E-state index contributed by atoms with van der Waals surface area (Å²) in [5, 5.41) is 4.14. The van der Waals surface area contributed by atoms with Gasteiger partial charge in [0.1, 0.15) is 5.82 Å². The standard InChI is InChI=1S/C27H24FN3OS/c1-19-16-23(20(2)31(19)25-14-12-24(28)13-15-25)17-29-30-27(32)22-10-8-21(9-11-22)18-33-26-6-4-3-5-7-26/h3-17H,18H2,1-2H3,(H,30,32)/b29-17-. The summed E-state index contributed by atoms with van der Waals surface area (Å²) in [5.74, 6) is 0.308. The molecule has 33 heavy (non-hydrogen) atoms. The van der Waals surface area contributed by atoms with E-state index in [4.69, 9.17) is 0 Å². The first-order valence-electron chi connectivity index (χ1n) is 10.6. The van der Waals surface area contributed by atoms with Crippen LogP contribution in [0, 0.1) is 19.7 Å². The molecule has 0 aliphatic carbocycles. The first-order valence-corrected chi connectivity index (χ1v) is 11.5. The summed E-state index contributed by atoms with van der Waals surface area (Å²) in [4.78, 5) is 13.7. The molecular formula is C27H24FN3OS. The SMILES string of the molecule is Cc1cc(/C=N\NC(=O)c2ccc(CSc3ccccc3)cc2)c(C)n1-c1ccc(F)cc1. The summed E-state index contributed by atoms with van der Waals surface area (Å²) in [6.45, 7) is 3.94. The Morgan fingerprint density at radius 3 is 2.39 bits per heavy atom. The van der Waals surface area contributed by atoms with Crippen LogP contribution < -0.4 is 5.43 Å². The van der Waals surface area contributed by atoms with Crippen molar-refractivity contribution in [3.63, 3.8) is 0 Å². The maximum atomic E-state index is 13.3. The van der Waals surface area contributed by atoms with Crippen molar-refractivity contribution in [2.75, 3.05) is 0 Å². The van der Waals surface area contributed by atoms with Crippen molar-refractivity contribution < 1.29 is 9.18 Å². The zero-order valence-corrected chi connectivity index (χ0v) is 19.3. The van der Waals surface area contributed by atoms with Crippen molar-refractivity contribution >= 4 is 23.9 Å². The van der Waals surface area contributed by atoms with Crippen molar-refractivity contribution in [3.8, 4) is 5.69 Å². The van der Waals surface area contributed by atoms with Gasteiger partial charge in [0.25, 0.3) is 5.91 Å². The van der Waals surface area contributed by atoms with Gasteiger partial charge in [-0.05, 0) is 74.0 Å². The van der Waals surface area contributed by atoms with Crippen LogP contribution in [0.3, 0.4) is 0 Å². The number of benzene rings is 3. The van der Waals surface area contributed by atoms with Crippen molar-refractivity contribution in [2.45, 2.75) is 24.5 Å². The number of carbonyl (C=O) groups excluding carboxylic acids is 1. The summed E-state index contributed by atoms with van der Waals surface area (Å²) in [6, 6.07) is 26.1. The molecule has 166 valence electrons. The van der Waals surface area contributed by atoms with Crippen LogP contribution in [-0.4, -0.2) is 16.7 Å². The number of carbonyl (C=O) groups is 1. The van der Waals surface area contributed by atoms with Gasteiger partial charge in [-0.2, -0.15) is 5.10 Å². The Hall–Kier alpha value is -3.64. The number of hydrogen-bond donors (Lipinski definition) is 1. The van der Waals surface area contributed by atoms with Gasteiger partial charge in [0, 0.05) is 38.9 Å². The maximum absolute atomic E-state index is 13.3. The van der Waals surface area contributed by atoms with Gasteiger partial charge < -0.3 is 4.57 Å². The number of hydrogen-bond acceptors (Lipinski definition) is 3. The Kier molecular flexibility index (Phi) is 7.05. The van der Waals surface area contributed by atoms with E-state index in [1.165, 1.54) is 17.0 Å². The molecular weight excluding hydrogens is 433 g/mol. The Bertz CT molecular complexity index is 1260. The van der Waals surface area contributed by atoms with E-state index in [1.54, 1.807) is 30.1 Å². The normalized spacial score (nSPS) is 11.1. The molecule has 4 nitrogen and oxygen atoms in total. The van der Waals surface area contributed by atoms with E-state index in [1.807, 2.05) is 66.9 Å². The molecule has 0 bridgehead atoms. The zero-order valence-electron chi connectivity index (χ0n) is 18.5. The van der Waals surface area contributed by atoms with E-state index in [0.29, 0.717) is 5.56 Å². The second kappa shape index (κ2) is 10.3. The number of amides is 1. The van der Waals surface area contributed by atoms with Crippen molar-refractivity contribution in [2.24, 2.45) is 5.10 Å². The van der Waals surface area contributed by atoms with Crippen LogP contribution in [0.1, 0.15) is 32.9 Å². The fourth-order valence-corrected chi connectivity index (χ4v) is 4.44. The number of nitrogens with zero attached hydrogens (tertiary/aromatic N) is 2. The Balaban J connectivity index is 1.37.